The Bertz CT molecular complexity index is 456. The van der Waals surface area contributed by atoms with Gasteiger partial charge in [-0.2, -0.15) is 0 Å². The Morgan fingerprint density at radius 1 is 1.22 bits per heavy atom. The van der Waals surface area contributed by atoms with Gasteiger partial charge in [0, 0.05) is 20.6 Å². The van der Waals surface area contributed by atoms with Crippen molar-refractivity contribution in [2.45, 2.75) is 25.3 Å². The average Bonchev–Trinajstić information content (AvgIpc) is 2.41. The molecule has 0 aliphatic heterocycles. The highest BCUT2D eigenvalue weighted by Crippen LogP contribution is 2.32. The summed E-state index contributed by atoms with van der Waals surface area (Å²) in [6.07, 6.45) is 3.04. The highest BCUT2D eigenvalue weighted by molar-refractivity contribution is 9.14. The van der Waals surface area contributed by atoms with Crippen LogP contribution in [0.4, 0.5) is 0 Å². The second-order valence-corrected chi connectivity index (χ2v) is 6.33. The normalized spacial score (nSPS) is 20.0. The largest absolute Gasteiger partial charge is 0.307 e. The van der Waals surface area contributed by atoms with Crippen LogP contribution >= 0.6 is 31.9 Å². The van der Waals surface area contributed by atoms with E-state index >= 15 is 0 Å². The fourth-order valence-electron chi connectivity index (χ4n) is 2.00. The molecule has 0 spiro atoms. The van der Waals surface area contributed by atoms with Crippen LogP contribution < -0.4 is 5.32 Å². The summed E-state index contributed by atoms with van der Waals surface area (Å²) in [6.45, 7) is 0.409. The van der Waals surface area contributed by atoms with Crippen LogP contribution in [-0.2, 0) is 0 Å². The van der Waals surface area contributed by atoms with Gasteiger partial charge in [0.15, 0.2) is 5.78 Å². The highest BCUT2D eigenvalue weighted by Gasteiger charge is 2.18. The first kappa shape index (κ1) is 14.0. The predicted molar refractivity (Wildman–Crippen MR) is 81.3 cm³/mol. The molecule has 0 heterocycles. The molecule has 96 valence electrons. The van der Waals surface area contributed by atoms with Gasteiger partial charge in [0.05, 0.1) is 6.54 Å². The minimum atomic E-state index is 0.153. The SMILES string of the molecule is O=C(CNC1CCC(Br)=C(Br)C1)c1ccccc1. The van der Waals surface area contributed by atoms with E-state index in [-0.39, 0.29) is 5.78 Å². The summed E-state index contributed by atoms with van der Waals surface area (Å²) in [5, 5.41) is 3.34. The number of nitrogens with one attached hydrogen (secondary N) is 1. The van der Waals surface area contributed by atoms with Gasteiger partial charge in [0.1, 0.15) is 0 Å². The predicted octanol–water partition coefficient (Wildman–Crippen LogP) is 4.01. The Labute approximate surface area is 124 Å². The lowest BCUT2D eigenvalue weighted by Crippen LogP contribution is -2.35. The molecule has 4 heteroatoms. The standard InChI is InChI=1S/C14H15Br2NO/c15-12-7-6-11(8-13(12)16)17-9-14(18)10-4-2-1-3-5-10/h1-5,11,17H,6-9H2. The van der Waals surface area contributed by atoms with Gasteiger partial charge in [-0.05, 0) is 19.3 Å². The van der Waals surface area contributed by atoms with Gasteiger partial charge in [-0.15, -0.1) is 0 Å². The van der Waals surface area contributed by atoms with Crippen LogP contribution in [-0.4, -0.2) is 18.4 Å². The van der Waals surface area contributed by atoms with Gasteiger partial charge in [-0.1, -0.05) is 62.2 Å². The topological polar surface area (TPSA) is 29.1 Å². The van der Waals surface area contributed by atoms with E-state index in [2.05, 4.69) is 37.2 Å². The molecule has 0 amide bonds. The highest BCUT2D eigenvalue weighted by atomic mass is 79.9. The Morgan fingerprint density at radius 2 is 1.94 bits per heavy atom. The van der Waals surface area contributed by atoms with Crippen LogP contribution in [0.5, 0.6) is 0 Å². The van der Waals surface area contributed by atoms with E-state index < -0.39 is 0 Å². The van der Waals surface area contributed by atoms with Crippen molar-refractivity contribution in [2.24, 2.45) is 0 Å². The zero-order valence-corrected chi connectivity index (χ0v) is 13.1. The van der Waals surface area contributed by atoms with E-state index in [9.17, 15) is 4.79 Å². The number of ketones is 1. The molecule has 1 aromatic rings. The van der Waals surface area contributed by atoms with Gasteiger partial charge in [-0.3, -0.25) is 4.79 Å². The molecule has 0 fully saturated rings. The van der Waals surface area contributed by atoms with Gasteiger partial charge in [0.2, 0.25) is 0 Å². The molecular formula is C14H15Br2NO. The molecule has 1 aromatic carbocycles. The number of hydrogen-bond acceptors (Lipinski definition) is 2. The minimum absolute atomic E-state index is 0.153. The lowest BCUT2D eigenvalue weighted by atomic mass is 10.0. The van der Waals surface area contributed by atoms with Crippen molar-refractivity contribution in [1.82, 2.24) is 5.32 Å². The van der Waals surface area contributed by atoms with Crippen LogP contribution in [0.15, 0.2) is 39.3 Å². The van der Waals surface area contributed by atoms with Crippen molar-refractivity contribution < 1.29 is 4.79 Å². The molecule has 0 bridgehead atoms. The maximum Gasteiger partial charge on any atom is 0.176 e. The first-order valence-electron chi connectivity index (χ1n) is 6.01. The number of halogens is 2. The lowest BCUT2D eigenvalue weighted by molar-refractivity contribution is 0.0986. The van der Waals surface area contributed by atoms with Crippen molar-refractivity contribution in [3.8, 4) is 0 Å². The number of Topliss-reactive ketones (excluding diaryl/α,β-unsaturated/α-hetero) is 1. The van der Waals surface area contributed by atoms with Crippen LogP contribution in [0, 0.1) is 0 Å². The summed E-state index contributed by atoms with van der Waals surface area (Å²) >= 11 is 7.09. The third kappa shape index (κ3) is 3.77. The molecule has 2 rings (SSSR count). The second kappa shape index (κ2) is 6.64. The Balaban J connectivity index is 1.84. The molecule has 0 saturated carbocycles. The number of rotatable bonds is 4. The molecular weight excluding hydrogens is 358 g/mol. The van der Waals surface area contributed by atoms with Crippen molar-refractivity contribution >= 4 is 37.6 Å². The molecule has 0 radical (unpaired) electrons. The quantitative estimate of drug-likeness (QED) is 0.809. The fourth-order valence-corrected chi connectivity index (χ4v) is 2.98. The molecule has 0 aromatic heterocycles. The zero-order chi connectivity index (χ0) is 13.0. The van der Waals surface area contributed by atoms with Gasteiger partial charge >= 0.3 is 0 Å². The summed E-state index contributed by atoms with van der Waals surface area (Å²) in [4.78, 5) is 11.9. The van der Waals surface area contributed by atoms with Crippen molar-refractivity contribution in [2.75, 3.05) is 6.54 Å². The summed E-state index contributed by atoms with van der Waals surface area (Å²) in [5.74, 6) is 0.153. The van der Waals surface area contributed by atoms with Gasteiger partial charge in [-0.25, -0.2) is 0 Å². The fraction of sp³-hybridized carbons (Fsp3) is 0.357. The number of benzene rings is 1. The molecule has 2 nitrogen and oxygen atoms in total. The molecule has 18 heavy (non-hydrogen) atoms. The van der Waals surface area contributed by atoms with Crippen LogP contribution in [0.25, 0.3) is 0 Å². The van der Waals surface area contributed by atoms with Crippen molar-refractivity contribution in [1.29, 1.82) is 0 Å². The molecule has 1 aliphatic carbocycles. The number of allylic oxidation sites excluding steroid dienone is 1. The van der Waals surface area contributed by atoms with Crippen molar-refractivity contribution in [3.05, 3.63) is 44.9 Å². The monoisotopic (exact) mass is 371 g/mol. The Hall–Kier alpha value is -0.450. The van der Waals surface area contributed by atoms with Crippen LogP contribution in [0.1, 0.15) is 29.6 Å². The summed E-state index contributed by atoms with van der Waals surface area (Å²) in [6, 6.07) is 9.81. The lowest BCUT2D eigenvalue weighted by Gasteiger charge is -2.23. The van der Waals surface area contributed by atoms with E-state index in [1.807, 2.05) is 30.3 Å². The maximum atomic E-state index is 11.9. The first-order chi connectivity index (χ1) is 8.66. The van der Waals surface area contributed by atoms with E-state index in [4.69, 9.17) is 0 Å². The molecule has 1 aliphatic rings. The maximum absolute atomic E-state index is 11.9. The third-order valence-electron chi connectivity index (χ3n) is 3.08. The zero-order valence-electron chi connectivity index (χ0n) is 9.96. The molecule has 1 N–H and O–H groups in total. The summed E-state index contributed by atoms with van der Waals surface area (Å²) < 4.78 is 2.45. The van der Waals surface area contributed by atoms with Crippen LogP contribution in [0.2, 0.25) is 0 Å². The van der Waals surface area contributed by atoms with Crippen LogP contribution in [0.3, 0.4) is 0 Å². The number of carbonyl (C=O) groups excluding carboxylic acids is 1. The van der Waals surface area contributed by atoms with Gasteiger partial charge in [0.25, 0.3) is 0 Å². The molecule has 1 unspecified atom stereocenters. The Kier molecular flexibility index (Phi) is 5.15. The molecule has 0 saturated heterocycles. The summed E-state index contributed by atoms with van der Waals surface area (Å²) in [5.41, 5.74) is 0.775. The summed E-state index contributed by atoms with van der Waals surface area (Å²) in [7, 11) is 0. The van der Waals surface area contributed by atoms with Gasteiger partial charge < -0.3 is 5.32 Å². The number of hydrogen-bond donors (Lipinski definition) is 1. The van der Waals surface area contributed by atoms with Crippen molar-refractivity contribution in [3.63, 3.8) is 0 Å². The smallest absolute Gasteiger partial charge is 0.176 e. The average molecular weight is 373 g/mol. The van der Waals surface area contributed by atoms with E-state index in [0.29, 0.717) is 12.6 Å². The minimum Gasteiger partial charge on any atom is -0.307 e. The second-order valence-electron chi connectivity index (χ2n) is 4.42. The van der Waals surface area contributed by atoms with E-state index in [1.165, 1.54) is 8.96 Å². The first-order valence-corrected chi connectivity index (χ1v) is 7.60. The Morgan fingerprint density at radius 3 is 2.61 bits per heavy atom. The molecule has 1 atom stereocenters. The van der Waals surface area contributed by atoms with E-state index in [0.717, 1.165) is 24.8 Å². The van der Waals surface area contributed by atoms with E-state index in [1.54, 1.807) is 0 Å². The third-order valence-corrected chi connectivity index (χ3v) is 5.29. The number of carbonyl (C=O) groups is 1.